The molecule has 1 fully saturated rings. The van der Waals surface area contributed by atoms with E-state index in [4.69, 9.17) is 16.3 Å². The minimum atomic E-state index is -0.221. The van der Waals surface area contributed by atoms with E-state index in [2.05, 4.69) is 15.3 Å². The van der Waals surface area contributed by atoms with Gasteiger partial charge in [-0.15, -0.1) is 11.3 Å². The van der Waals surface area contributed by atoms with Crippen molar-refractivity contribution in [2.75, 3.05) is 0 Å². The van der Waals surface area contributed by atoms with Gasteiger partial charge in [0.25, 0.3) is 5.91 Å². The lowest BCUT2D eigenvalue weighted by Gasteiger charge is -2.22. The molecular weight excluding hydrogens is 346 g/mol. The van der Waals surface area contributed by atoms with Gasteiger partial charge in [-0.1, -0.05) is 18.0 Å². The van der Waals surface area contributed by atoms with E-state index in [-0.39, 0.29) is 12.0 Å². The van der Waals surface area contributed by atoms with Crippen LogP contribution in [0.1, 0.15) is 53.2 Å². The topological polar surface area (TPSA) is 64.1 Å². The van der Waals surface area contributed by atoms with Crippen LogP contribution in [0.15, 0.2) is 17.6 Å². The summed E-state index contributed by atoms with van der Waals surface area (Å²) in [6.45, 7) is 2.33. The summed E-state index contributed by atoms with van der Waals surface area (Å²) in [6.07, 6.45) is 7.38. The van der Waals surface area contributed by atoms with Crippen molar-refractivity contribution in [2.24, 2.45) is 0 Å². The number of carbonyl (C=O) groups excluding carboxylic acids is 1. The molecule has 1 saturated carbocycles. The molecule has 1 aliphatic rings. The van der Waals surface area contributed by atoms with Crippen LogP contribution in [-0.4, -0.2) is 22.0 Å². The number of carbonyl (C=O) groups is 1. The van der Waals surface area contributed by atoms with Crippen molar-refractivity contribution < 1.29 is 9.53 Å². The first-order valence-electron chi connectivity index (χ1n) is 8.13. The number of nitrogens with zero attached hydrogens (tertiary/aromatic N) is 2. The third kappa shape index (κ3) is 4.45. The van der Waals surface area contributed by atoms with Crippen LogP contribution in [-0.2, 0) is 6.54 Å². The smallest absolute Gasteiger partial charge is 0.253 e. The first kappa shape index (κ1) is 17.2. The van der Waals surface area contributed by atoms with E-state index in [0.29, 0.717) is 23.0 Å². The summed E-state index contributed by atoms with van der Waals surface area (Å²) in [6, 6.07) is 1.61. The van der Waals surface area contributed by atoms with Gasteiger partial charge in [0.15, 0.2) is 0 Å². The zero-order valence-corrected chi connectivity index (χ0v) is 15.1. The zero-order valence-electron chi connectivity index (χ0n) is 13.5. The van der Waals surface area contributed by atoms with Crippen LogP contribution in [0.25, 0.3) is 0 Å². The molecular formula is C17H20ClN3O2S. The number of ether oxygens (including phenoxy) is 1. The fraction of sp³-hybridized carbons (Fsp3) is 0.471. The average Bonchev–Trinajstić information content (AvgIpc) is 3.01. The Morgan fingerprint density at radius 1 is 1.42 bits per heavy atom. The molecule has 1 aliphatic carbocycles. The molecule has 3 rings (SSSR count). The van der Waals surface area contributed by atoms with Crippen LogP contribution in [0.5, 0.6) is 5.88 Å². The second kappa shape index (κ2) is 7.94. The summed E-state index contributed by atoms with van der Waals surface area (Å²) in [5.74, 6) is 0.192. The highest BCUT2D eigenvalue weighted by atomic mass is 35.5. The number of thiazole rings is 1. The molecule has 2 aromatic heterocycles. The summed E-state index contributed by atoms with van der Waals surface area (Å²) < 4.78 is 5.87. The van der Waals surface area contributed by atoms with Crippen LogP contribution in [0.4, 0.5) is 0 Å². The van der Waals surface area contributed by atoms with Crippen molar-refractivity contribution in [2.45, 2.75) is 51.7 Å². The minimum Gasteiger partial charge on any atom is -0.473 e. The number of rotatable bonds is 5. The summed E-state index contributed by atoms with van der Waals surface area (Å²) >= 11 is 7.76. The standard InChI is InChI=1S/C17H20ClN3O2S/c1-11-10-24-15(21-11)9-19-16(22)12-7-14(18)17(20-8-12)23-13-5-3-2-4-6-13/h7-8,10,13H,2-6,9H2,1H3,(H,19,22). The van der Waals surface area contributed by atoms with E-state index < -0.39 is 0 Å². The van der Waals surface area contributed by atoms with Crippen molar-refractivity contribution in [1.82, 2.24) is 15.3 Å². The maximum atomic E-state index is 12.2. The third-order valence-corrected chi connectivity index (χ3v) is 5.20. The molecule has 128 valence electrons. The predicted octanol–water partition coefficient (Wildman–Crippen LogP) is 4.14. The normalized spacial score (nSPS) is 15.2. The molecule has 0 aromatic carbocycles. The third-order valence-electron chi connectivity index (χ3n) is 3.97. The number of nitrogens with one attached hydrogen (secondary N) is 1. The maximum absolute atomic E-state index is 12.2. The largest absolute Gasteiger partial charge is 0.473 e. The van der Waals surface area contributed by atoms with Crippen LogP contribution >= 0.6 is 22.9 Å². The van der Waals surface area contributed by atoms with Gasteiger partial charge >= 0.3 is 0 Å². The number of aromatic nitrogens is 2. The quantitative estimate of drug-likeness (QED) is 0.864. The van der Waals surface area contributed by atoms with Gasteiger partial charge in [-0.3, -0.25) is 4.79 Å². The Hall–Kier alpha value is -1.66. The molecule has 24 heavy (non-hydrogen) atoms. The molecule has 0 radical (unpaired) electrons. The summed E-state index contributed by atoms with van der Waals surface area (Å²) in [7, 11) is 0. The van der Waals surface area contributed by atoms with E-state index in [0.717, 1.165) is 23.5 Å². The average molecular weight is 366 g/mol. The van der Waals surface area contributed by atoms with Gasteiger partial charge in [0, 0.05) is 17.3 Å². The number of pyridine rings is 1. The molecule has 2 heterocycles. The Balaban J connectivity index is 1.59. The van der Waals surface area contributed by atoms with Crippen molar-refractivity contribution in [3.8, 4) is 5.88 Å². The fourth-order valence-corrected chi connectivity index (χ4v) is 3.64. The summed E-state index contributed by atoms with van der Waals surface area (Å²) in [4.78, 5) is 20.7. The van der Waals surface area contributed by atoms with E-state index >= 15 is 0 Å². The highest BCUT2D eigenvalue weighted by Crippen LogP contribution is 2.27. The Labute approximate surface area is 150 Å². The van der Waals surface area contributed by atoms with Crippen molar-refractivity contribution in [3.05, 3.63) is 38.9 Å². The lowest BCUT2D eigenvalue weighted by atomic mass is 9.98. The van der Waals surface area contributed by atoms with Crippen molar-refractivity contribution in [1.29, 1.82) is 0 Å². The first-order chi connectivity index (χ1) is 11.6. The molecule has 2 aromatic rings. The van der Waals surface area contributed by atoms with Crippen LogP contribution < -0.4 is 10.1 Å². The number of hydrogen-bond acceptors (Lipinski definition) is 5. The van der Waals surface area contributed by atoms with Crippen molar-refractivity contribution >= 4 is 28.8 Å². The second-order valence-corrected chi connectivity index (χ2v) is 7.30. The number of aryl methyl sites for hydroxylation is 1. The van der Waals surface area contributed by atoms with Gasteiger partial charge in [0.05, 0.1) is 12.1 Å². The number of hydrogen-bond donors (Lipinski definition) is 1. The molecule has 0 bridgehead atoms. The Morgan fingerprint density at radius 3 is 2.88 bits per heavy atom. The first-order valence-corrected chi connectivity index (χ1v) is 9.39. The maximum Gasteiger partial charge on any atom is 0.253 e. The van der Waals surface area contributed by atoms with Gasteiger partial charge in [-0.2, -0.15) is 0 Å². The van der Waals surface area contributed by atoms with Gasteiger partial charge < -0.3 is 10.1 Å². The Morgan fingerprint density at radius 2 is 2.21 bits per heavy atom. The lowest BCUT2D eigenvalue weighted by Crippen LogP contribution is -2.23. The molecule has 7 heteroatoms. The summed E-state index contributed by atoms with van der Waals surface area (Å²) in [5.41, 5.74) is 1.38. The summed E-state index contributed by atoms with van der Waals surface area (Å²) in [5, 5.41) is 6.03. The molecule has 0 saturated heterocycles. The van der Waals surface area contributed by atoms with Crippen molar-refractivity contribution in [3.63, 3.8) is 0 Å². The van der Waals surface area contributed by atoms with Crippen LogP contribution in [0, 0.1) is 6.92 Å². The van der Waals surface area contributed by atoms with E-state index in [9.17, 15) is 4.79 Å². The van der Waals surface area contributed by atoms with Crippen LogP contribution in [0.2, 0.25) is 5.02 Å². The second-order valence-electron chi connectivity index (χ2n) is 5.95. The van der Waals surface area contributed by atoms with E-state index in [1.54, 1.807) is 6.07 Å². The minimum absolute atomic E-state index is 0.177. The Kier molecular flexibility index (Phi) is 5.68. The highest BCUT2D eigenvalue weighted by Gasteiger charge is 2.18. The lowest BCUT2D eigenvalue weighted by molar-refractivity contribution is 0.0950. The van der Waals surface area contributed by atoms with Gasteiger partial charge in [-0.05, 0) is 38.7 Å². The molecule has 1 N–H and O–H groups in total. The fourth-order valence-electron chi connectivity index (χ4n) is 2.72. The van der Waals surface area contributed by atoms with Crippen LogP contribution in [0.3, 0.4) is 0 Å². The van der Waals surface area contributed by atoms with Gasteiger partial charge in [0.1, 0.15) is 16.1 Å². The van der Waals surface area contributed by atoms with Gasteiger partial charge in [-0.25, -0.2) is 9.97 Å². The predicted molar refractivity (Wildman–Crippen MR) is 94.8 cm³/mol. The molecule has 5 nitrogen and oxygen atoms in total. The molecule has 0 spiro atoms. The van der Waals surface area contributed by atoms with Gasteiger partial charge in [0.2, 0.25) is 5.88 Å². The molecule has 0 unspecified atom stereocenters. The SMILES string of the molecule is Cc1csc(CNC(=O)c2cnc(OC3CCCCC3)c(Cl)c2)n1. The Bertz CT molecular complexity index is 714. The monoisotopic (exact) mass is 365 g/mol. The molecule has 1 amide bonds. The van der Waals surface area contributed by atoms with E-state index in [1.165, 1.54) is 36.8 Å². The zero-order chi connectivity index (χ0) is 16.9. The molecule has 0 atom stereocenters. The molecule has 0 aliphatic heterocycles. The number of halogens is 1. The highest BCUT2D eigenvalue weighted by molar-refractivity contribution is 7.09. The van der Waals surface area contributed by atoms with E-state index in [1.807, 2.05) is 12.3 Å². The number of amides is 1.